The van der Waals surface area contributed by atoms with Crippen LogP contribution in [0.2, 0.25) is 0 Å². The second kappa shape index (κ2) is 6.80. The molecule has 0 fully saturated rings. The highest BCUT2D eigenvalue weighted by molar-refractivity contribution is 5.26. The summed E-state index contributed by atoms with van der Waals surface area (Å²) in [6.07, 6.45) is -1.13. The van der Waals surface area contributed by atoms with E-state index in [0.717, 1.165) is 36.4 Å². The molecule has 0 bridgehead atoms. The largest absolute Gasteiger partial charge is 0.468 e. The van der Waals surface area contributed by atoms with Crippen molar-refractivity contribution in [2.45, 2.75) is 32.0 Å². The molecule has 0 saturated heterocycles. The smallest absolute Gasteiger partial charge is 0.416 e. The Morgan fingerprint density at radius 1 is 1.14 bits per heavy atom. The van der Waals surface area contributed by atoms with Crippen molar-refractivity contribution < 1.29 is 17.6 Å². The standard InChI is InChI=1S/C16H18F3NO/c1-2-9-20-14(15-4-3-10-21-15)11-12-5-7-13(8-6-12)16(17,18)19/h3-8,10,14,20H,2,9,11H2,1H3. The first-order chi connectivity index (χ1) is 10.0. The monoisotopic (exact) mass is 297 g/mol. The lowest BCUT2D eigenvalue weighted by Gasteiger charge is -2.17. The Morgan fingerprint density at radius 2 is 1.86 bits per heavy atom. The fraction of sp³-hybridized carbons (Fsp3) is 0.375. The van der Waals surface area contributed by atoms with Crippen LogP contribution in [-0.2, 0) is 12.6 Å². The van der Waals surface area contributed by atoms with Crippen LogP contribution in [0.5, 0.6) is 0 Å². The Hall–Kier alpha value is -1.75. The summed E-state index contributed by atoms with van der Waals surface area (Å²) in [4.78, 5) is 0. The number of rotatable bonds is 6. The van der Waals surface area contributed by atoms with Gasteiger partial charge in [0.2, 0.25) is 0 Å². The SMILES string of the molecule is CCCNC(Cc1ccc(C(F)(F)F)cc1)c1ccco1. The zero-order chi connectivity index (χ0) is 15.3. The van der Waals surface area contributed by atoms with Gasteiger partial charge in [-0.1, -0.05) is 19.1 Å². The van der Waals surface area contributed by atoms with Crippen molar-refractivity contribution in [1.82, 2.24) is 5.32 Å². The highest BCUT2D eigenvalue weighted by Gasteiger charge is 2.30. The maximum Gasteiger partial charge on any atom is 0.416 e. The lowest BCUT2D eigenvalue weighted by Crippen LogP contribution is -2.23. The summed E-state index contributed by atoms with van der Waals surface area (Å²) in [5.41, 5.74) is 0.218. The maximum absolute atomic E-state index is 12.5. The third-order valence-corrected chi connectivity index (χ3v) is 3.25. The fourth-order valence-corrected chi connectivity index (χ4v) is 2.15. The van der Waals surface area contributed by atoms with Gasteiger partial charge in [-0.3, -0.25) is 0 Å². The van der Waals surface area contributed by atoms with Crippen LogP contribution >= 0.6 is 0 Å². The minimum atomic E-state index is -4.29. The van der Waals surface area contributed by atoms with Crippen molar-refractivity contribution in [2.75, 3.05) is 6.54 Å². The Balaban J connectivity index is 2.09. The molecule has 21 heavy (non-hydrogen) atoms. The van der Waals surface area contributed by atoms with E-state index in [-0.39, 0.29) is 6.04 Å². The molecule has 2 rings (SSSR count). The van der Waals surface area contributed by atoms with Crippen LogP contribution in [0.1, 0.15) is 36.3 Å². The summed E-state index contributed by atoms with van der Waals surface area (Å²) in [5, 5.41) is 3.35. The lowest BCUT2D eigenvalue weighted by atomic mass is 10.0. The van der Waals surface area contributed by atoms with Gasteiger partial charge in [0.1, 0.15) is 5.76 Å². The van der Waals surface area contributed by atoms with Crippen molar-refractivity contribution in [3.63, 3.8) is 0 Å². The van der Waals surface area contributed by atoms with Crippen molar-refractivity contribution in [3.05, 3.63) is 59.5 Å². The van der Waals surface area contributed by atoms with E-state index in [4.69, 9.17) is 4.42 Å². The van der Waals surface area contributed by atoms with E-state index in [2.05, 4.69) is 12.2 Å². The van der Waals surface area contributed by atoms with Gasteiger partial charge in [-0.05, 0) is 49.2 Å². The molecule has 0 spiro atoms. The highest BCUT2D eigenvalue weighted by atomic mass is 19.4. The molecule has 1 unspecified atom stereocenters. The summed E-state index contributed by atoms with van der Waals surface area (Å²) in [6.45, 7) is 2.89. The number of furan rings is 1. The van der Waals surface area contributed by atoms with Crippen molar-refractivity contribution in [3.8, 4) is 0 Å². The molecule has 2 nitrogen and oxygen atoms in total. The van der Waals surface area contributed by atoms with E-state index in [1.807, 2.05) is 12.1 Å². The molecule has 2 aromatic rings. The topological polar surface area (TPSA) is 25.2 Å². The number of alkyl halides is 3. The summed E-state index contributed by atoms with van der Waals surface area (Å²) < 4.78 is 43.0. The number of halogens is 3. The Bertz CT molecular complexity index is 532. The summed E-state index contributed by atoms with van der Waals surface area (Å²) in [6, 6.07) is 8.93. The Labute approximate surface area is 122 Å². The molecule has 1 aromatic carbocycles. The predicted octanol–water partition coefficient (Wildman–Crippen LogP) is 4.58. The van der Waals surface area contributed by atoms with Crippen molar-refractivity contribution in [2.24, 2.45) is 0 Å². The quantitative estimate of drug-likeness (QED) is 0.844. The normalized spacial score (nSPS) is 13.3. The van der Waals surface area contributed by atoms with Gasteiger partial charge in [-0.25, -0.2) is 0 Å². The average molecular weight is 297 g/mol. The van der Waals surface area contributed by atoms with Crippen LogP contribution in [0.4, 0.5) is 13.2 Å². The lowest BCUT2D eigenvalue weighted by molar-refractivity contribution is -0.137. The van der Waals surface area contributed by atoms with Crippen LogP contribution < -0.4 is 5.32 Å². The third-order valence-electron chi connectivity index (χ3n) is 3.25. The van der Waals surface area contributed by atoms with Crippen LogP contribution in [0.25, 0.3) is 0 Å². The Kier molecular flexibility index (Phi) is 5.07. The van der Waals surface area contributed by atoms with Gasteiger partial charge in [-0.2, -0.15) is 13.2 Å². The molecule has 1 N–H and O–H groups in total. The third kappa shape index (κ3) is 4.36. The first-order valence-electron chi connectivity index (χ1n) is 6.93. The summed E-state index contributed by atoms with van der Waals surface area (Å²) >= 11 is 0. The first kappa shape index (κ1) is 15.6. The Morgan fingerprint density at radius 3 is 2.38 bits per heavy atom. The van der Waals surface area contributed by atoms with Gasteiger partial charge in [0, 0.05) is 0 Å². The molecular weight excluding hydrogens is 279 g/mol. The van der Waals surface area contributed by atoms with Gasteiger partial charge in [0.05, 0.1) is 17.9 Å². The minimum Gasteiger partial charge on any atom is -0.468 e. The average Bonchev–Trinajstić information content (AvgIpc) is 2.97. The predicted molar refractivity (Wildman–Crippen MR) is 74.9 cm³/mol. The molecule has 0 saturated carbocycles. The van der Waals surface area contributed by atoms with E-state index in [1.165, 1.54) is 12.1 Å². The zero-order valence-corrected chi connectivity index (χ0v) is 11.8. The zero-order valence-electron chi connectivity index (χ0n) is 11.8. The van der Waals surface area contributed by atoms with Crippen LogP contribution in [0, 0.1) is 0 Å². The molecule has 0 amide bonds. The van der Waals surface area contributed by atoms with E-state index in [9.17, 15) is 13.2 Å². The number of hydrogen-bond donors (Lipinski definition) is 1. The number of nitrogens with one attached hydrogen (secondary N) is 1. The van der Waals surface area contributed by atoms with E-state index in [1.54, 1.807) is 6.26 Å². The van der Waals surface area contributed by atoms with Gasteiger partial charge in [0.15, 0.2) is 0 Å². The molecule has 1 atom stereocenters. The first-order valence-corrected chi connectivity index (χ1v) is 6.93. The molecule has 1 heterocycles. The summed E-state index contributed by atoms with van der Waals surface area (Å²) in [7, 11) is 0. The van der Waals surface area contributed by atoms with Gasteiger partial charge >= 0.3 is 6.18 Å². The van der Waals surface area contributed by atoms with Gasteiger partial charge < -0.3 is 9.73 Å². The molecule has 114 valence electrons. The summed E-state index contributed by atoms with van der Waals surface area (Å²) in [5.74, 6) is 0.795. The van der Waals surface area contributed by atoms with E-state index in [0.29, 0.717) is 6.42 Å². The van der Waals surface area contributed by atoms with E-state index < -0.39 is 11.7 Å². The molecule has 5 heteroatoms. The maximum atomic E-state index is 12.5. The molecule has 0 radical (unpaired) electrons. The van der Waals surface area contributed by atoms with E-state index >= 15 is 0 Å². The van der Waals surface area contributed by atoms with Gasteiger partial charge in [0.25, 0.3) is 0 Å². The minimum absolute atomic E-state index is 0.0308. The molecule has 0 aliphatic heterocycles. The second-order valence-electron chi connectivity index (χ2n) is 4.92. The van der Waals surface area contributed by atoms with Crippen LogP contribution in [-0.4, -0.2) is 6.54 Å². The number of hydrogen-bond acceptors (Lipinski definition) is 2. The fourth-order valence-electron chi connectivity index (χ4n) is 2.15. The second-order valence-corrected chi connectivity index (χ2v) is 4.92. The van der Waals surface area contributed by atoms with Crippen LogP contribution in [0.3, 0.4) is 0 Å². The van der Waals surface area contributed by atoms with Crippen molar-refractivity contribution in [1.29, 1.82) is 0 Å². The molecule has 1 aromatic heterocycles. The highest BCUT2D eigenvalue weighted by Crippen LogP contribution is 2.29. The molecule has 0 aliphatic carbocycles. The van der Waals surface area contributed by atoms with Crippen molar-refractivity contribution >= 4 is 0 Å². The molecular formula is C16H18F3NO. The van der Waals surface area contributed by atoms with Gasteiger partial charge in [-0.15, -0.1) is 0 Å². The number of benzene rings is 1. The van der Waals surface area contributed by atoms with Crippen LogP contribution in [0.15, 0.2) is 47.1 Å². The molecule has 0 aliphatic rings.